The molecule has 1 aromatic rings. The van der Waals surface area contributed by atoms with Crippen LogP contribution in [0.15, 0.2) is 60.3 Å². The number of allylic oxidation sites excluding steroid dienone is 1. The van der Waals surface area contributed by atoms with Gasteiger partial charge in [-0.3, -0.25) is 4.90 Å². The van der Waals surface area contributed by atoms with Crippen LogP contribution in [-0.2, 0) is 14.3 Å². The maximum absolute atomic E-state index is 14.0. The SMILES string of the molecule is C=CCCOC(=O)N(CCC)[C@H]1CC(=NOCC)C2=C[C@H](CCCCO)[C@@H](CCCCO)[C@@H]3c4cc(OC(=O)NCC)ccc4O[C@@]1(OCC=C)[C@H]23. The van der Waals surface area contributed by atoms with Crippen LogP contribution >= 0.6 is 0 Å². The van der Waals surface area contributed by atoms with E-state index in [-0.39, 0.29) is 50.6 Å². The maximum Gasteiger partial charge on any atom is 0.412 e. The van der Waals surface area contributed by atoms with E-state index < -0.39 is 29.9 Å². The summed E-state index contributed by atoms with van der Waals surface area (Å²) in [4.78, 5) is 34.1. The number of amides is 2. The van der Waals surface area contributed by atoms with Crippen molar-refractivity contribution in [1.29, 1.82) is 0 Å². The maximum atomic E-state index is 14.0. The van der Waals surface area contributed by atoms with Crippen LogP contribution in [-0.4, -0.2) is 91.0 Å². The van der Waals surface area contributed by atoms with E-state index in [1.807, 2.05) is 32.9 Å². The molecule has 1 aliphatic heterocycles. The van der Waals surface area contributed by atoms with Gasteiger partial charge in [-0.1, -0.05) is 43.1 Å². The number of oxime groups is 1. The van der Waals surface area contributed by atoms with Gasteiger partial charge in [-0.2, -0.15) is 0 Å². The quantitative estimate of drug-likeness (QED) is 0.0701. The highest BCUT2D eigenvalue weighted by Crippen LogP contribution is 2.62. The summed E-state index contributed by atoms with van der Waals surface area (Å²) in [5.41, 5.74) is 2.51. The number of nitrogens with zero attached hydrogens (tertiary/aromatic N) is 2. The summed E-state index contributed by atoms with van der Waals surface area (Å²) in [6.45, 7) is 15.1. The molecule has 0 spiro atoms. The van der Waals surface area contributed by atoms with Gasteiger partial charge in [0.25, 0.3) is 0 Å². The van der Waals surface area contributed by atoms with E-state index in [9.17, 15) is 19.8 Å². The third-order valence-corrected chi connectivity index (χ3v) is 10.1. The third kappa shape index (κ3) is 9.37. The van der Waals surface area contributed by atoms with Crippen molar-refractivity contribution in [1.82, 2.24) is 10.2 Å². The number of aliphatic hydroxyl groups is 2. The fourth-order valence-electron chi connectivity index (χ4n) is 8.07. The van der Waals surface area contributed by atoms with Crippen LogP contribution in [0.5, 0.6) is 11.5 Å². The van der Waals surface area contributed by atoms with Gasteiger partial charge in [-0.05, 0) is 88.0 Å². The highest BCUT2D eigenvalue weighted by Gasteiger charge is 2.65. The van der Waals surface area contributed by atoms with Crippen molar-refractivity contribution in [3.8, 4) is 11.5 Å². The molecule has 12 heteroatoms. The first kappa shape index (κ1) is 40.9. The van der Waals surface area contributed by atoms with Gasteiger partial charge >= 0.3 is 12.2 Å². The van der Waals surface area contributed by atoms with Crippen molar-refractivity contribution >= 4 is 17.9 Å². The summed E-state index contributed by atoms with van der Waals surface area (Å²) in [5.74, 6) is -1.02. The summed E-state index contributed by atoms with van der Waals surface area (Å²) in [6, 6.07) is 4.74. The lowest BCUT2D eigenvalue weighted by Crippen LogP contribution is -2.70. The minimum Gasteiger partial charge on any atom is -0.459 e. The van der Waals surface area contributed by atoms with Crippen molar-refractivity contribution in [2.45, 2.75) is 96.3 Å². The Morgan fingerprint density at radius 3 is 2.54 bits per heavy atom. The number of unbranched alkanes of at least 4 members (excludes halogenated alkanes) is 2. The summed E-state index contributed by atoms with van der Waals surface area (Å²) in [5, 5.41) is 26.9. The highest BCUT2D eigenvalue weighted by atomic mass is 16.7. The molecule has 1 aromatic carbocycles. The number of aliphatic hydroxyl groups excluding tert-OH is 2. The van der Waals surface area contributed by atoms with Crippen LogP contribution in [0.2, 0.25) is 0 Å². The molecular formula is C40H59N3O9. The molecule has 288 valence electrons. The van der Waals surface area contributed by atoms with E-state index in [4.69, 9.17) is 28.9 Å². The van der Waals surface area contributed by atoms with Crippen LogP contribution in [0.4, 0.5) is 9.59 Å². The molecule has 3 aliphatic rings. The summed E-state index contributed by atoms with van der Waals surface area (Å²) >= 11 is 0. The van der Waals surface area contributed by atoms with Gasteiger partial charge in [-0.15, -0.1) is 13.2 Å². The number of fused-ring (bicyclic) bond motifs is 2. The van der Waals surface area contributed by atoms with Crippen molar-refractivity contribution in [2.75, 3.05) is 46.1 Å². The minimum absolute atomic E-state index is 0.0410. The van der Waals surface area contributed by atoms with Crippen LogP contribution < -0.4 is 14.8 Å². The lowest BCUT2D eigenvalue weighted by atomic mass is 9.55. The molecule has 0 saturated heterocycles. The first-order valence-electron chi connectivity index (χ1n) is 19.0. The minimum atomic E-state index is -1.39. The Labute approximate surface area is 308 Å². The average Bonchev–Trinajstić information content (AvgIpc) is 3.14. The Hall–Kier alpha value is -3.87. The van der Waals surface area contributed by atoms with Crippen molar-refractivity contribution in [3.63, 3.8) is 0 Å². The van der Waals surface area contributed by atoms with Gasteiger partial charge in [0.1, 0.15) is 24.1 Å². The van der Waals surface area contributed by atoms with Crippen LogP contribution in [0.1, 0.15) is 90.0 Å². The molecule has 6 atom stereocenters. The molecule has 1 saturated carbocycles. The van der Waals surface area contributed by atoms with Gasteiger partial charge in [0, 0.05) is 44.2 Å². The zero-order valence-corrected chi connectivity index (χ0v) is 31.2. The van der Waals surface area contributed by atoms with Crippen molar-refractivity contribution in [3.05, 3.63) is 60.7 Å². The predicted octanol–water partition coefficient (Wildman–Crippen LogP) is 6.87. The smallest absolute Gasteiger partial charge is 0.412 e. The van der Waals surface area contributed by atoms with Crippen molar-refractivity contribution < 1.29 is 43.6 Å². The number of rotatable bonds is 21. The molecule has 1 fully saturated rings. The second-order valence-electron chi connectivity index (χ2n) is 13.5. The lowest BCUT2D eigenvalue weighted by Gasteiger charge is -2.59. The molecule has 4 rings (SSSR count). The fourth-order valence-corrected chi connectivity index (χ4v) is 8.07. The Bertz CT molecular complexity index is 1410. The molecule has 3 N–H and O–H groups in total. The molecule has 2 aliphatic carbocycles. The van der Waals surface area contributed by atoms with Gasteiger partial charge in [0.2, 0.25) is 5.79 Å². The molecule has 12 nitrogen and oxygen atoms in total. The third-order valence-electron chi connectivity index (χ3n) is 10.1. The number of benzene rings is 1. The van der Waals surface area contributed by atoms with Crippen LogP contribution in [0.25, 0.3) is 0 Å². The number of carbonyl (C=O) groups is 2. The summed E-state index contributed by atoms with van der Waals surface area (Å²) in [7, 11) is 0. The zero-order valence-electron chi connectivity index (χ0n) is 31.2. The summed E-state index contributed by atoms with van der Waals surface area (Å²) in [6.07, 6.45) is 10.7. The molecule has 2 amide bonds. The summed E-state index contributed by atoms with van der Waals surface area (Å²) < 4.78 is 25.6. The molecule has 52 heavy (non-hydrogen) atoms. The molecule has 0 radical (unpaired) electrons. The van der Waals surface area contributed by atoms with Gasteiger partial charge in [0.05, 0.1) is 24.8 Å². The highest BCUT2D eigenvalue weighted by molar-refractivity contribution is 6.03. The van der Waals surface area contributed by atoms with E-state index in [2.05, 4.69) is 24.6 Å². The second kappa shape index (κ2) is 20.4. The standard InChI is InChI=1S/C40H59N3O9/c1-6-11-24-48-39(47)43(20-7-2)35-27-33(42-50-10-5)31-25-28(16-12-14-21-44)30(17-13-15-22-45)36-32-26-29(51-38(46)41-9-4)18-19-34(32)52-40(35,37(31)36)49-23-8-3/h6,8,18-19,25-26,28,30,35-37,44-45H,1,3,7,9-17,20-24,27H2,2,4-5H3,(H,41,46)/t28-,30+,35-,36+,37+,40+/m0/s1. The average molecular weight is 726 g/mol. The Morgan fingerprint density at radius 2 is 1.87 bits per heavy atom. The molecule has 0 unspecified atom stereocenters. The van der Waals surface area contributed by atoms with Gasteiger partial charge < -0.3 is 39.3 Å². The van der Waals surface area contributed by atoms with Crippen molar-refractivity contribution in [2.24, 2.45) is 22.9 Å². The largest absolute Gasteiger partial charge is 0.459 e. The van der Waals surface area contributed by atoms with Gasteiger partial charge in [0.15, 0.2) is 0 Å². The number of hydrogen-bond donors (Lipinski definition) is 3. The number of carbonyl (C=O) groups excluding carboxylic acids is 2. The monoisotopic (exact) mass is 725 g/mol. The predicted molar refractivity (Wildman–Crippen MR) is 199 cm³/mol. The fraction of sp³-hybridized carbons (Fsp3) is 0.625. The number of hydrogen-bond acceptors (Lipinski definition) is 10. The zero-order chi connectivity index (χ0) is 37.5. The number of ether oxygens (including phenoxy) is 4. The Morgan fingerprint density at radius 1 is 1.10 bits per heavy atom. The van der Waals surface area contributed by atoms with E-state index >= 15 is 0 Å². The Balaban J connectivity index is 2.02. The molecular weight excluding hydrogens is 666 g/mol. The van der Waals surface area contributed by atoms with E-state index in [1.165, 1.54) is 0 Å². The van der Waals surface area contributed by atoms with Gasteiger partial charge in [-0.25, -0.2) is 9.59 Å². The number of nitrogens with one attached hydrogen (secondary N) is 1. The van der Waals surface area contributed by atoms with E-state index in [1.54, 1.807) is 23.1 Å². The molecule has 0 aromatic heterocycles. The van der Waals surface area contributed by atoms with Crippen LogP contribution in [0.3, 0.4) is 0 Å². The second-order valence-corrected chi connectivity index (χ2v) is 13.5. The molecule has 0 bridgehead atoms. The topological polar surface area (TPSA) is 148 Å². The van der Waals surface area contributed by atoms with Crippen LogP contribution in [0, 0.1) is 17.8 Å². The first-order chi connectivity index (χ1) is 25.3. The lowest BCUT2D eigenvalue weighted by molar-refractivity contribution is -0.255. The molecule has 1 heterocycles. The van der Waals surface area contributed by atoms with E-state index in [0.29, 0.717) is 62.6 Å². The Kier molecular flexibility index (Phi) is 16.0. The first-order valence-corrected chi connectivity index (χ1v) is 19.0. The van der Waals surface area contributed by atoms with E-state index in [0.717, 1.165) is 36.8 Å². The normalized spacial score (nSPS) is 25.1.